The Hall–Kier alpha value is -3.80. The fourth-order valence-corrected chi connectivity index (χ4v) is 7.36. The second-order valence-corrected chi connectivity index (χ2v) is 11.5. The Kier molecular flexibility index (Phi) is 7.03. The van der Waals surface area contributed by atoms with Crippen molar-refractivity contribution < 1.29 is 24.2 Å². The molecule has 208 valence electrons. The molecule has 0 aliphatic carbocycles. The van der Waals surface area contributed by atoms with Crippen LogP contribution in [0.2, 0.25) is 0 Å². The highest BCUT2D eigenvalue weighted by Gasteiger charge is 2.52. The van der Waals surface area contributed by atoms with Gasteiger partial charge < -0.3 is 30.7 Å². The van der Waals surface area contributed by atoms with Crippen molar-refractivity contribution in [2.75, 3.05) is 24.5 Å². The molecule has 6 rings (SSSR count). The minimum Gasteiger partial charge on any atom is -0.457 e. The van der Waals surface area contributed by atoms with Crippen molar-refractivity contribution in [2.45, 2.75) is 36.9 Å². The van der Waals surface area contributed by atoms with Gasteiger partial charge in [-0.05, 0) is 61.9 Å². The Labute approximate surface area is 236 Å². The van der Waals surface area contributed by atoms with Crippen LogP contribution in [0, 0.1) is 12.8 Å². The van der Waals surface area contributed by atoms with Crippen LogP contribution in [0.4, 0.5) is 10.5 Å². The number of rotatable bonds is 6. The molecular weight excluding hydrogens is 530 g/mol. The number of benzene rings is 2. The van der Waals surface area contributed by atoms with E-state index >= 15 is 0 Å². The molecule has 0 radical (unpaired) electrons. The van der Waals surface area contributed by atoms with Gasteiger partial charge in [0.25, 0.3) is 5.91 Å². The van der Waals surface area contributed by atoms with Crippen LogP contribution >= 0.6 is 11.8 Å². The Morgan fingerprint density at radius 3 is 2.73 bits per heavy atom. The van der Waals surface area contributed by atoms with Gasteiger partial charge >= 0.3 is 6.03 Å². The summed E-state index contributed by atoms with van der Waals surface area (Å²) in [5.74, 6) is 0.663. The number of ether oxygens (including phenoxy) is 1. The Morgan fingerprint density at radius 2 is 1.98 bits per heavy atom. The SMILES string of the molecule is C=CC(=O)N1C[C@H](NC(=O)C2=C3NC(=O)N(c4ccc(Oc5ccccc5)cc4C)C4CCNC(S2)C34)[C@@H](O)C1. The molecule has 2 aromatic carbocycles. The summed E-state index contributed by atoms with van der Waals surface area (Å²) in [5, 5.41) is 19.8. The number of nitrogens with one attached hydrogen (secondary N) is 3. The fraction of sp³-hybridized carbons (Fsp3) is 0.345. The average Bonchev–Trinajstić information content (AvgIpc) is 3.50. The van der Waals surface area contributed by atoms with Crippen LogP contribution in [0.3, 0.4) is 0 Å². The summed E-state index contributed by atoms with van der Waals surface area (Å²) in [4.78, 5) is 42.7. The van der Waals surface area contributed by atoms with Crippen molar-refractivity contribution in [3.05, 3.63) is 77.4 Å². The zero-order chi connectivity index (χ0) is 28.0. The summed E-state index contributed by atoms with van der Waals surface area (Å²) in [7, 11) is 0. The lowest BCUT2D eigenvalue weighted by atomic mass is 9.86. The normalized spacial score (nSPS) is 27.2. The number of hydrogen-bond donors (Lipinski definition) is 4. The fourth-order valence-electron chi connectivity index (χ4n) is 5.96. The number of hydrogen-bond acceptors (Lipinski definition) is 7. The summed E-state index contributed by atoms with van der Waals surface area (Å²) in [6, 6.07) is 14.2. The first-order chi connectivity index (χ1) is 19.3. The van der Waals surface area contributed by atoms with E-state index in [9.17, 15) is 19.5 Å². The van der Waals surface area contributed by atoms with Gasteiger partial charge in [0.15, 0.2) is 0 Å². The van der Waals surface area contributed by atoms with E-state index in [4.69, 9.17) is 4.74 Å². The van der Waals surface area contributed by atoms with Crippen molar-refractivity contribution >= 4 is 35.3 Å². The lowest BCUT2D eigenvalue weighted by Gasteiger charge is -2.46. The van der Waals surface area contributed by atoms with E-state index in [-0.39, 0.29) is 48.3 Å². The van der Waals surface area contributed by atoms with Crippen LogP contribution in [-0.2, 0) is 9.59 Å². The number of aliphatic hydroxyl groups is 1. The predicted molar refractivity (Wildman–Crippen MR) is 152 cm³/mol. The number of urea groups is 1. The number of carbonyl (C=O) groups is 3. The second-order valence-electron chi connectivity index (χ2n) is 10.4. The van der Waals surface area contributed by atoms with Crippen molar-refractivity contribution in [2.24, 2.45) is 5.92 Å². The minimum atomic E-state index is -0.883. The number of β-amino-alcohol motifs (C(OH)–C–C–N with tert-alkyl or cyclic N) is 1. The number of amides is 4. The molecule has 10 nitrogen and oxygen atoms in total. The van der Waals surface area contributed by atoms with Gasteiger partial charge in [-0.25, -0.2) is 4.79 Å². The number of carbonyl (C=O) groups excluding carboxylic acids is 3. The first kappa shape index (κ1) is 26.4. The standard InChI is InChI=1S/C29H31N5O5S/c1-3-23(36)33-14-19(22(35)15-33)31-27(37)26-25-24-21(11-12-30-28(24)40-26)34(29(38)32-25)20-10-9-18(13-16(20)2)39-17-7-5-4-6-8-17/h3-10,13,19,21-22,24,28,30,35H,1,11-12,14-15H2,2H3,(H,31,37)(H,32,38)/t19-,21?,22-,24?,28?/m0/s1. The van der Waals surface area contributed by atoms with Crippen molar-refractivity contribution in [3.63, 3.8) is 0 Å². The molecule has 3 fully saturated rings. The highest BCUT2D eigenvalue weighted by Crippen LogP contribution is 2.48. The van der Waals surface area contributed by atoms with Gasteiger partial charge in [0, 0.05) is 30.4 Å². The molecular formula is C29H31N5O5S. The van der Waals surface area contributed by atoms with Crippen LogP contribution in [0.5, 0.6) is 11.5 Å². The quantitative estimate of drug-likeness (QED) is 0.400. The van der Waals surface area contributed by atoms with Crippen LogP contribution in [0.15, 0.2) is 71.8 Å². The van der Waals surface area contributed by atoms with E-state index in [2.05, 4.69) is 22.5 Å². The molecule has 0 aromatic heterocycles. The van der Waals surface area contributed by atoms with Crippen LogP contribution in [-0.4, -0.2) is 71.0 Å². The number of anilines is 1. The molecule has 4 heterocycles. The third kappa shape index (κ3) is 4.74. The van der Waals surface area contributed by atoms with Gasteiger partial charge in [0.05, 0.1) is 28.5 Å². The van der Waals surface area contributed by atoms with Crippen molar-refractivity contribution in [1.29, 1.82) is 0 Å². The van der Waals surface area contributed by atoms with Crippen LogP contribution < -0.4 is 25.6 Å². The molecule has 0 bridgehead atoms. The molecule has 2 aromatic rings. The van der Waals surface area contributed by atoms with E-state index in [1.807, 2.05) is 60.4 Å². The summed E-state index contributed by atoms with van der Waals surface area (Å²) in [6.07, 6.45) is 1.04. The summed E-state index contributed by atoms with van der Waals surface area (Å²) in [5.41, 5.74) is 2.31. The van der Waals surface area contributed by atoms with Crippen LogP contribution in [0.25, 0.3) is 0 Å². The number of para-hydroxylation sites is 1. The first-order valence-corrected chi connectivity index (χ1v) is 14.2. The molecule has 4 amide bonds. The van der Waals surface area contributed by atoms with E-state index in [0.29, 0.717) is 22.9 Å². The highest BCUT2D eigenvalue weighted by atomic mass is 32.2. The molecule has 4 N–H and O–H groups in total. The third-order valence-electron chi connectivity index (χ3n) is 7.85. The molecule has 4 aliphatic rings. The second kappa shape index (κ2) is 10.6. The number of nitrogens with zero attached hydrogens (tertiary/aromatic N) is 2. The molecule has 11 heteroatoms. The molecule has 0 spiro atoms. The van der Waals surface area contributed by atoms with E-state index in [0.717, 1.165) is 23.4 Å². The number of likely N-dealkylation sites (tertiary alicyclic amines) is 1. The number of thioether (sulfide) groups is 1. The maximum absolute atomic E-state index is 13.6. The van der Waals surface area contributed by atoms with Gasteiger partial charge in [-0.3, -0.25) is 14.5 Å². The topological polar surface area (TPSA) is 123 Å². The summed E-state index contributed by atoms with van der Waals surface area (Å²) in [6.45, 7) is 6.48. The lowest BCUT2D eigenvalue weighted by Crippen LogP contribution is -2.62. The average molecular weight is 562 g/mol. The molecule has 3 unspecified atom stereocenters. The molecule has 5 atom stereocenters. The van der Waals surface area contributed by atoms with Gasteiger partial charge in [0.1, 0.15) is 11.5 Å². The number of aliphatic hydroxyl groups excluding tert-OH is 1. The minimum absolute atomic E-state index is 0.0778. The van der Waals surface area contributed by atoms with Crippen LogP contribution in [0.1, 0.15) is 12.0 Å². The van der Waals surface area contributed by atoms with Crippen molar-refractivity contribution in [3.8, 4) is 11.5 Å². The Balaban J connectivity index is 1.23. The maximum Gasteiger partial charge on any atom is 0.326 e. The smallest absolute Gasteiger partial charge is 0.326 e. The van der Waals surface area contributed by atoms with Gasteiger partial charge in [-0.1, -0.05) is 36.5 Å². The first-order valence-electron chi connectivity index (χ1n) is 13.3. The maximum atomic E-state index is 13.6. The predicted octanol–water partition coefficient (Wildman–Crippen LogP) is 2.45. The summed E-state index contributed by atoms with van der Waals surface area (Å²) < 4.78 is 5.98. The number of aryl methyl sites for hydroxylation is 1. The lowest BCUT2D eigenvalue weighted by molar-refractivity contribution is -0.125. The van der Waals surface area contributed by atoms with E-state index < -0.39 is 12.1 Å². The molecule has 4 aliphatic heterocycles. The van der Waals surface area contributed by atoms with Gasteiger partial charge in [0.2, 0.25) is 5.91 Å². The van der Waals surface area contributed by atoms with E-state index in [1.54, 1.807) is 0 Å². The Bertz CT molecular complexity index is 1400. The van der Waals surface area contributed by atoms with E-state index in [1.165, 1.54) is 22.7 Å². The summed E-state index contributed by atoms with van der Waals surface area (Å²) >= 11 is 1.40. The molecule has 3 saturated heterocycles. The van der Waals surface area contributed by atoms with Gasteiger partial charge in [-0.2, -0.15) is 0 Å². The largest absolute Gasteiger partial charge is 0.457 e. The molecule has 40 heavy (non-hydrogen) atoms. The monoisotopic (exact) mass is 561 g/mol. The highest BCUT2D eigenvalue weighted by molar-refractivity contribution is 8.04. The van der Waals surface area contributed by atoms with Crippen molar-refractivity contribution in [1.82, 2.24) is 20.9 Å². The zero-order valence-corrected chi connectivity index (χ0v) is 22.8. The third-order valence-corrected chi connectivity index (χ3v) is 9.20. The van der Waals surface area contributed by atoms with Gasteiger partial charge in [-0.15, -0.1) is 0 Å². The Morgan fingerprint density at radius 1 is 1.18 bits per heavy atom. The number of piperidine rings is 1. The molecule has 0 saturated carbocycles. The zero-order valence-electron chi connectivity index (χ0n) is 22.0.